The van der Waals surface area contributed by atoms with Crippen molar-refractivity contribution >= 4 is 5.91 Å². The quantitative estimate of drug-likeness (QED) is 0.768. The highest BCUT2D eigenvalue weighted by Gasteiger charge is 2.34. The molecule has 2 aliphatic rings. The summed E-state index contributed by atoms with van der Waals surface area (Å²) in [5.41, 5.74) is 0. The maximum atomic E-state index is 11.4. The average molecular weight is 225 g/mol. The molecule has 0 heterocycles. The van der Waals surface area contributed by atoms with Gasteiger partial charge < -0.3 is 10.4 Å². The number of hydrogen-bond acceptors (Lipinski definition) is 2. The average Bonchev–Trinajstić information content (AvgIpc) is 2.15. The number of aliphatic hydroxyl groups is 1. The SMILES string of the molecule is CC1CC2CC(C1)CC(NC(=O)CCO)C2. The summed E-state index contributed by atoms with van der Waals surface area (Å²) in [6, 6.07) is 0.371. The maximum Gasteiger partial charge on any atom is 0.222 e. The molecular formula is C13H23NO2. The third-order valence-corrected chi connectivity index (χ3v) is 4.08. The molecule has 0 radical (unpaired) electrons. The Morgan fingerprint density at radius 2 is 1.81 bits per heavy atom. The molecule has 2 fully saturated rings. The topological polar surface area (TPSA) is 49.3 Å². The molecule has 3 heteroatoms. The van der Waals surface area contributed by atoms with E-state index in [1.54, 1.807) is 0 Å². The molecule has 16 heavy (non-hydrogen) atoms. The second-order valence-electron chi connectivity index (χ2n) is 5.75. The van der Waals surface area contributed by atoms with Gasteiger partial charge in [0.25, 0.3) is 0 Å². The van der Waals surface area contributed by atoms with Gasteiger partial charge in [0.15, 0.2) is 0 Å². The van der Waals surface area contributed by atoms with E-state index in [9.17, 15) is 4.79 Å². The first-order valence-corrected chi connectivity index (χ1v) is 6.57. The normalized spacial score (nSPS) is 38.1. The van der Waals surface area contributed by atoms with Gasteiger partial charge in [-0.25, -0.2) is 0 Å². The summed E-state index contributed by atoms with van der Waals surface area (Å²) < 4.78 is 0. The van der Waals surface area contributed by atoms with Gasteiger partial charge in [0.2, 0.25) is 5.91 Å². The third-order valence-electron chi connectivity index (χ3n) is 4.08. The molecule has 1 amide bonds. The molecule has 3 nitrogen and oxygen atoms in total. The van der Waals surface area contributed by atoms with Crippen LogP contribution in [-0.2, 0) is 4.79 Å². The Balaban J connectivity index is 1.83. The van der Waals surface area contributed by atoms with Gasteiger partial charge in [-0.2, -0.15) is 0 Å². The second-order valence-corrected chi connectivity index (χ2v) is 5.75. The zero-order valence-electron chi connectivity index (χ0n) is 10.1. The summed E-state index contributed by atoms with van der Waals surface area (Å²) in [6.07, 6.45) is 6.60. The number of hydrogen-bond donors (Lipinski definition) is 2. The largest absolute Gasteiger partial charge is 0.396 e. The molecule has 2 aliphatic carbocycles. The molecule has 0 spiro atoms. The lowest BCUT2D eigenvalue weighted by atomic mass is 9.67. The molecule has 2 bridgehead atoms. The van der Waals surface area contributed by atoms with Gasteiger partial charge in [-0.05, 0) is 49.9 Å². The fourth-order valence-corrected chi connectivity index (χ4v) is 3.70. The van der Waals surface area contributed by atoms with Crippen molar-refractivity contribution in [3.8, 4) is 0 Å². The van der Waals surface area contributed by atoms with Gasteiger partial charge in [0.05, 0.1) is 6.61 Å². The molecule has 2 unspecified atom stereocenters. The summed E-state index contributed by atoms with van der Waals surface area (Å²) in [7, 11) is 0. The van der Waals surface area contributed by atoms with Crippen LogP contribution in [0.1, 0.15) is 45.4 Å². The molecule has 0 aromatic heterocycles. The second kappa shape index (κ2) is 5.17. The molecular weight excluding hydrogens is 202 g/mol. The van der Waals surface area contributed by atoms with Crippen LogP contribution < -0.4 is 5.32 Å². The molecule has 92 valence electrons. The van der Waals surface area contributed by atoms with Gasteiger partial charge in [-0.3, -0.25) is 4.79 Å². The Morgan fingerprint density at radius 1 is 1.19 bits per heavy atom. The van der Waals surface area contributed by atoms with Crippen molar-refractivity contribution in [3.63, 3.8) is 0 Å². The van der Waals surface area contributed by atoms with Gasteiger partial charge in [0, 0.05) is 12.5 Å². The van der Waals surface area contributed by atoms with E-state index < -0.39 is 0 Å². The van der Waals surface area contributed by atoms with Crippen molar-refractivity contribution in [1.82, 2.24) is 5.32 Å². The number of amides is 1. The molecule has 0 aromatic rings. The van der Waals surface area contributed by atoms with Gasteiger partial charge in [-0.1, -0.05) is 6.92 Å². The molecule has 2 rings (SSSR count). The first kappa shape index (κ1) is 11.9. The lowest BCUT2D eigenvalue weighted by molar-refractivity contribution is -0.123. The first-order valence-electron chi connectivity index (χ1n) is 6.57. The summed E-state index contributed by atoms with van der Waals surface area (Å²) in [4.78, 5) is 11.4. The fraction of sp³-hybridized carbons (Fsp3) is 0.923. The maximum absolute atomic E-state index is 11.4. The van der Waals surface area contributed by atoms with E-state index in [1.807, 2.05) is 0 Å². The Labute approximate surface area is 97.6 Å². The van der Waals surface area contributed by atoms with Crippen LogP contribution in [0.2, 0.25) is 0 Å². The van der Waals surface area contributed by atoms with E-state index in [-0.39, 0.29) is 18.9 Å². The van der Waals surface area contributed by atoms with E-state index in [0.29, 0.717) is 6.04 Å². The number of carbonyl (C=O) groups excluding carboxylic acids is 1. The van der Waals surface area contributed by atoms with Crippen molar-refractivity contribution in [2.45, 2.75) is 51.5 Å². The summed E-state index contributed by atoms with van der Waals surface area (Å²) >= 11 is 0. The minimum atomic E-state index is -0.0392. The summed E-state index contributed by atoms with van der Waals surface area (Å²) in [6.45, 7) is 2.31. The fourth-order valence-electron chi connectivity index (χ4n) is 3.70. The number of aliphatic hydroxyl groups excluding tert-OH is 1. The monoisotopic (exact) mass is 225 g/mol. The minimum absolute atomic E-state index is 0.0144. The summed E-state index contributed by atoms with van der Waals surface area (Å²) in [5, 5.41) is 11.8. The van der Waals surface area contributed by atoms with E-state index in [0.717, 1.165) is 30.6 Å². The molecule has 0 aromatic carbocycles. The zero-order valence-corrected chi connectivity index (χ0v) is 10.1. The zero-order chi connectivity index (χ0) is 11.5. The van der Waals surface area contributed by atoms with Gasteiger partial charge in [-0.15, -0.1) is 0 Å². The molecule has 2 saturated carbocycles. The van der Waals surface area contributed by atoms with Crippen LogP contribution in [0.3, 0.4) is 0 Å². The van der Waals surface area contributed by atoms with Gasteiger partial charge >= 0.3 is 0 Å². The Morgan fingerprint density at radius 3 is 2.38 bits per heavy atom. The molecule has 2 N–H and O–H groups in total. The van der Waals surface area contributed by atoms with Crippen molar-refractivity contribution < 1.29 is 9.90 Å². The smallest absolute Gasteiger partial charge is 0.222 e. The van der Waals surface area contributed by atoms with E-state index in [1.165, 1.54) is 19.3 Å². The highest BCUT2D eigenvalue weighted by molar-refractivity contribution is 5.76. The highest BCUT2D eigenvalue weighted by Crippen LogP contribution is 2.42. The Bertz CT molecular complexity index is 236. The molecule has 0 aliphatic heterocycles. The predicted octanol–water partition coefficient (Wildman–Crippen LogP) is 1.70. The number of rotatable bonds is 3. The summed E-state index contributed by atoms with van der Waals surface area (Å²) in [5.74, 6) is 2.53. The van der Waals surface area contributed by atoms with Crippen molar-refractivity contribution in [3.05, 3.63) is 0 Å². The van der Waals surface area contributed by atoms with Crippen LogP contribution in [0, 0.1) is 17.8 Å². The highest BCUT2D eigenvalue weighted by atomic mass is 16.3. The number of nitrogens with one attached hydrogen (secondary N) is 1. The van der Waals surface area contributed by atoms with E-state index >= 15 is 0 Å². The van der Waals surface area contributed by atoms with E-state index in [2.05, 4.69) is 12.2 Å². The third kappa shape index (κ3) is 2.97. The molecule has 2 atom stereocenters. The van der Waals surface area contributed by atoms with E-state index in [4.69, 9.17) is 5.11 Å². The van der Waals surface area contributed by atoms with Crippen molar-refractivity contribution in [2.24, 2.45) is 17.8 Å². The van der Waals surface area contributed by atoms with Crippen molar-refractivity contribution in [2.75, 3.05) is 6.61 Å². The van der Waals surface area contributed by atoms with Crippen molar-refractivity contribution in [1.29, 1.82) is 0 Å². The Hall–Kier alpha value is -0.570. The lowest BCUT2D eigenvalue weighted by Gasteiger charge is -2.41. The van der Waals surface area contributed by atoms with Crippen LogP contribution in [0.5, 0.6) is 0 Å². The lowest BCUT2D eigenvalue weighted by Crippen LogP contribution is -2.43. The van der Waals surface area contributed by atoms with Gasteiger partial charge in [0.1, 0.15) is 0 Å². The predicted molar refractivity (Wildman–Crippen MR) is 62.9 cm³/mol. The van der Waals surface area contributed by atoms with Crippen LogP contribution >= 0.6 is 0 Å². The number of fused-ring (bicyclic) bond motifs is 2. The first-order chi connectivity index (χ1) is 7.67. The van der Waals surface area contributed by atoms with Crippen LogP contribution in [-0.4, -0.2) is 23.7 Å². The van der Waals surface area contributed by atoms with Crippen LogP contribution in [0.15, 0.2) is 0 Å². The minimum Gasteiger partial charge on any atom is -0.396 e. The molecule has 0 saturated heterocycles. The Kier molecular flexibility index (Phi) is 3.85. The van der Waals surface area contributed by atoms with Crippen LogP contribution in [0.4, 0.5) is 0 Å². The van der Waals surface area contributed by atoms with Crippen LogP contribution in [0.25, 0.3) is 0 Å². The number of carbonyl (C=O) groups is 1. The standard InChI is InChI=1S/C13H23NO2/c1-9-4-10-6-11(5-9)8-12(7-10)14-13(16)2-3-15/h9-12,15H,2-8H2,1H3,(H,14,16).